The highest BCUT2D eigenvalue weighted by Gasteiger charge is 2.27. The van der Waals surface area contributed by atoms with E-state index in [2.05, 4.69) is 15.3 Å². The van der Waals surface area contributed by atoms with Crippen LogP contribution in [0.25, 0.3) is 0 Å². The molecule has 1 heterocycles. The SMILES string of the molecule is COC(=O)C(=O)CC(=NNC(=O)c1cccc(S(=O)(=O)N2CCOCC2)c1)c1ccc(C)cc1. The Morgan fingerprint density at radius 2 is 1.74 bits per heavy atom. The second-order valence-corrected chi connectivity index (χ2v) is 9.44. The van der Waals surface area contributed by atoms with Gasteiger partial charge in [-0.25, -0.2) is 18.6 Å². The topological polar surface area (TPSA) is 131 Å². The molecule has 2 aromatic rings. The molecule has 0 radical (unpaired) electrons. The molecule has 3 rings (SSSR count). The molecule has 1 N–H and O–H groups in total. The van der Waals surface area contributed by atoms with Crippen molar-refractivity contribution in [2.24, 2.45) is 5.10 Å². The van der Waals surface area contributed by atoms with Gasteiger partial charge < -0.3 is 9.47 Å². The monoisotopic (exact) mass is 487 g/mol. The summed E-state index contributed by atoms with van der Waals surface area (Å²) in [5.74, 6) is -2.52. The van der Waals surface area contributed by atoms with Gasteiger partial charge in [0, 0.05) is 18.7 Å². The number of sulfonamides is 1. The molecule has 1 fully saturated rings. The average molecular weight is 488 g/mol. The molecule has 0 spiro atoms. The Morgan fingerprint density at radius 1 is 1.06 bits per heavy atom. The number of esters is 1. The van der Waals surface area contributed by atoms with E-state index in [-0.39, 0.29) is 35.7 Å². The Balaban J connectivity index is 1.83. The average Bonchev–Trinajstić information content (AvgIpc) is 2.86. The first-order chi connectivity index (χ1) is 16.2. The van der Waals surface area contributed by atoms with E-state index >= 15 is 0 Å². The third-order valence-electron chi connectivity index (χ3n) is 5.12. The quantitative estimate of drug-likeness (QED) is 0.257. The lowest BCUT2D eigenvalue weighted by Gasteiger charge is -2.26. The van der Waals surface area contributed by atoms with Gasteiger partial charge in [0.05, 0.1) is 37.4 Å². The molecule has 0 bridgehead atoms. The normalized spacial score (nSPS) is 14.9. The summed E-state index contributed by atoms with van der Waals surface area (Å²) < 4.78 is 36.7. The molecule has 0 aromatic heterocycles. The molecule has 2 aromatic carbocycles. The van der Waals surface area contributed by atoms with Gasteiger partial charge in [0.15, 0.2) is 0 Å². The van der Waals surface area contributed by atoms with Crippen LogP contribution >= 0.6 is 0 Å². The molecule has 0 saturated carbocycles. The van der Waals surface area contributed by atoms with E-state index < -0.39 is 27.7 Å². The number of methoxy groups -OCH3 is 1. The Hall–Kier alpha value is -3.41. The van der Waals surface area contributed by atoms with Crippen LogP contribution in [0.5, 0.6) is 0 Å². The fourth-order valence-corrected chi connectivity index (χ4v) is 4.66. The van der Waals surface area contributed by atoms with Gasteiger partial charge in [0.25, 0.3) is 5.91 Å². The van der Waals surface area contributed by atoms with E-state index in [0.29, 0.717) is 18.8 Å². The molecule has 1 aliphatic rings. The van der Waals surface area contributed by atoms with Crippen molar-refractivity contribution >= 4 is 33.4 Å². The largest absolute Gasteiger partial charge is 0.463 e. The maximum Gasteiger partial charge on any atom is 0.374 e. The van der Waals surface area contributed by atoms with Gasteiger partial charge in [-0.3, -0.25) is 9.59 Å². The second kappa shape index (κ2) is 11.1. The number of hydrogen-bond donors (Lipinski definition) is 1. The molecule has 11 heteroatoms. The Bertz CT molecular complexity index is 1200. The van der Waals surface area contributed by atoms with Crippen molar-refractivity contribution < 1.29 is 32.3 Å². The lowest BCUT2D eigenvalue weighted by Crippen LogP contribution is -2.40. The van der Waals surface area contributed by atoms with Crippen molar-refractivity contribution in [3.05, 3.63) is 65.2 Å². The predicted octanol–water partition coefficient (Wildman–Crippen LogP) is 1.28. The minimum atomic E-state index is -3.78. The third-order valence-corrected chi connectivity index (χ3v) is 7.02. The molecule has 0 unspecified atom stereocenters. The Kier molecular flexibility index (Phi) is 8.26. The van der Waals surface area contributed by atoms with Gasteiger partial charge in [0.1, 0.15) is 0 Å². The second-order valence-electron chi connectivity index (χ2n) is 7.50. The van der Waals surface area contributed by atoms with E-state index in [9.17, 15) is 22.8 Å². The standard InChI is InChI=1S/C23H25N3O7S/c1-16-6-8-17(9-7-16)20(15-21(27)23(29)32-2)24-25-22(28)18-4-3-5-19(14-18)34(30,31)26-10-12-33-13-11-26/h3-9,14H,10-13,15H2,1-2H3,(H,25,28). The van der Waals surface area contributed by atoms with E-state index in [1.165, 1.54) is 28.6 Å². The lowest BCUT2D eigenvalue weighted by molar-refractivity contribution is -0.151. The van der Waals surface area contributed by atoms with Gasteiger partial charge in [-0.2, -0.15) is 9.41 Å². The van der Waals surface area contributed by atoms with Crippen LogP contribution < -0.4 is 5.43 Å². The van der Waals surface area contributed by atoms with Crippen LogP contribution in [0.15, 0.2) is 58.5 Å². The minimum Gasteiger partial charge on any atom is -0.463 e. The van der Waals surface area contributed by atoms with Crippen molar-refractivity contribution in [1.29, 1.82) is 0 Å². The number of ketones is 1. The van der Waals surface area contributed by atoms with Gasteiger partial charge in [0.2, 0.25) is 15.8 Å². The fraction of sp³-hybridized carbons (Fsp3) is 0.304. The Morgan fingerprint density at radius 3 is 2.38 bits per heavy atom. The minimum absolute atomic E-state index is 0.0225. The van der Waals surface area contributed by atoms with E-state index in [1.54, 1.807) is 24.3 Å². The summed E-state index contributed by atoms with van der Waals surface area (Å²) in [7, 11) is -2.68. The smallest absolute Gasteiger partial charge is 0.374 e. The molecule has 1 saturated heterocycles. The zero-order valence-electron chi connectivity index (χ0n) is 18.8. The van der Waals surface area contributed by atoms with Crippen LogP contribution in [0, 0.1) is 6.92 Å². The number of rotatable bonds is 8. The lowest BCUT2D eigenvalue weighted by atomic mass is 10.0. The van der Waals surface area contributed by atoms with Crippen molar-refractivity contribution in [3.8, 4) is 0 Å². The van der Waals surface area contributed by atoms with E-state index in [1.807, 2.05) is 6.92 Å². The molecular formula is C23H25N3O7S. The molecule has 1 amide bonds. The number of aryl methyl sites for hydroxylation is 1. The van der Waals surface area contributed by atoms with Crippen LogP contribution in [0.3, 0.4) is 0 Å². The summed E-state index contributed by atoms with van der Waals surface area (Å²) in [5.41, 5.74) is 4.08. The number of nitrogens with one attached hydrogen (secondary N) is 1. The summed E-state index contributed by atoms with van der Waals surface area (Å²) in [6, 6.07) is 12.6. The third kappa shape index (κ3) is 6.13. The number of amides is 1. The Labute approximate surface area is 197 Å². The number of benzene rings is 2. The summed E-state index contributed by atoms with van der Waals surface area (Å²) >= 11 is 0. The zero-order chi connectivity index (χ0) is 24.7. The maximum atomic E-state index is 12.9. The number of hydrogen-bond acceptors (Lipinski definition) is 8. The highest BCUT2D eigenvalue weighted by atomic mass is 32.2. The molecule has 0 aliphatic carbocycles. The molecule has 1 aliphatic heterocycles. The van der Waals surface area contributed by atoms with Crippen molar-refractivity contribution in [2.75, 3.05) is 33.4 Å². The highest BCUT2D eigenvalue weighted by Crippen LogP contribution is 2.18. The highest BCUT2D eigenvalue weighted by molar-refractivity contribution is 7.89. The zero-order valence-corrected chi connectivity index (χ0v) is 19.6. The molecule has 180 valence electrons. The van der Waals surface area contributed by atoms with E-state index in [4.69, 9.17) is 4.74 Å². The summed E-state index contributed by atoms with van der Waals surface area (Å²) in [5, 5.41) is 4.05. The van der Waals surface area contributed by atoms with Crippen LogP contribution in [0.1, 0.15) is 27.9 Å². The van der Waals surface area contributed by atoms with Crippen molar-refractivity contribution in [2.45, 2.75) is 18.2 Å². The molecule has 0 atom stereocenters. The van der Waals surface area contributed by atoms with Crippen LogP contribution in [0.4, 0.5) is 0 Å². The van der Waals surface area contributed by atoms with Crippen molar-refractivity contribution in [1.82, 2.24) is 9.73 Å². The first-order valence-electron chi connectivity index (χ1n) is 10.5. The number of nitrogens with zero attached hydrogens (tertiary/aromatic N) is 2. The van der Waals surface area contributed by atoms with Crippen LogP contribution in [-0.4, -0.2) is 69.5 Å². The van der Waals surface area contributed by atoms with E-state index in [0.717, 1.165) is 12.7 Å². The van der Waals surface area contributed by atoms with Gasteiger partial charge in [-0.15, -0.1) is 0 Å². The molecule has 10 nitrogen and oxygen atoms in total. The van der Waals surface area contributed by atoms with Gasteiger partial charge in [-0.1, -0.05) is 35.9 Å². The number of Topliss-reactive ketones (excluding diaryl/α,β-unsaturated/α-hetero) is 1. The molecule has 34 heavy (non-hydrogen) atoms. The summed E-state index contributed by atoms with van der Waals surface area (Å²) in [6.07, 6.45) is -0.387. The number of carbonyl (C=O) groups excluding carboxylic acids is 3. The summed E-state index contributed by atoms with van der Waals surface area (Å²) in [6.45, 7) is 2.97. The number of carbonyl (C=O) groups is 3. The summed E-state index contributed by atoms with van der Waals surface area (Å²) in [4.78, 5) is 36.4. The number of morpholine rings is 1. The number of hydrazone groups is 1. The van der Waals surface area contributed by atoms with Crippen molar-refractivity contribution in [3.63, 3.8) is 0 Å². The van der Waals surface area contributed by atoms with Crippen LogP contribution in [-0.2, 0) is 29.1 Å². The first kappa shape index (κ1) is 25.2. The predicted molar refractivity (Wildman–Crippen MR) is 123 cm³/mol. The first-order valence-corrected chi connectivity index (χ1v) is 11.9. The maximum absolute atomic E-state index is 12.9. The van der Waals surface area contributed by atoms with Gasteiger partial charge in [-0.05, 0) is 30.7 Å². The van der Waals surface area contributed by atoms with Gasteiger partial charge >= 0.3 is 5.97 Å². The fourth-order valence-electron chi connectivity index (χ4n) is 3.21. The molecular weight excluding hydrogens is 462 g/mol. The van der Waals surface area contributed by atoms with Crippen LogP contribution in [0.2, 0.25) is 0 Å². The number of ether oxygens (including phenoxy) is 2.